The van der Waals surface area contributed by atoms with Crippen LogP contribution in [0.25, 0.3) is 0 Å². The summed E-state index contributed by atoms with van der Waals surface area (Å²) >= 11 is 6.04. The maximum absolute atomic E-state index is 12.5. The van der Waals surface area contributed by atoms with Crippen LogP contribution < -0.4 is 0 Å². The average Bonchev–Trinajstić information content (AvgIpc) is 2.51. The van der Waals surface area contributed by atoms with Crippen molar-refractivity contribution in [2.24, 2.45) is 0 Å². The van der Waals surface area contributed by atoms with Crippen LogP contribution in [-0.4, -0.2) is 16.7 Å². The summed E-state index contributed by atoms with van der Waals surface area (Å²) in [7, 11) is 0. The van der Waals surface area contributed by atoms with E-state index in [0.29, 0.717) is 21.7 Å². The highest BCUT2D eigenvalue weighted by atomic mass is 35.5. The first kappa shape index (κ1) is 13.7. The van der Waals surface area contributed by atoms with Crippen LogP contribution in [0.3, 0.4) is 0 Å². The number of carbonyl (C=O) groups excluding carboxylic acids is 2. The molecule has 3 rings (SSSR count). The molecule has 0 radical (unpaired) electrons. The molecule has 1 atom stereocenters. The van der Waals surface area contributed by atoms with Crippen molar-refractivity contribution in [1.29, 1.82) is 0 Å². The summed E-state index contributed by atoms with van der Waals surface area (Å²) in [5.74, 6) is -0.635. The molecule has 3 nitrogen and oxygen atoms in total. The molecule has 1 N–H and O–H groups in total. The van der Waals surface area contributed by atoms with Gasteiger partial charge < -0.3 is 5.11 Å². The highest BCUT2D eigenvalue weighted by molar-refractivity contribution is 6.31. The number of fused-ring (bicyclic) bond motifs is 1. The van der Waals surface area contributed by atoms with Crippen molar-refractivity contribution < 1.29 is 14.7 Å². The van der Waals surface area contributed by atoms with E-state index in [9.17, 15) is 14.7 Å². The zero-order chi connectivity index (χ0) is 15.0. The van der Waals surface area contributed by atoms with E-state index in [1.807, 2.05) is 0 Å². The van der Waals surface area contributed by atoms with Crippen molar-refractivity contribution in [3.05, 3.63) is 81.9 Å². The molecular weight excluding hydrogens is 288 g/mol. The van der Waals surface area contributed by atoms with Crippen LogP contribution in [0.2, 0.25) is 5.02 Å². The van der Waals surface area contributed by atoms with Gasteiger partial charge in [0.2, 0.25) is 0 Å². The molecule has 0 aliphatic heterocycles. The first-order valence-corrected chi connectivity index (χ1v) is 6.79. The van der Waals surface area contributed by atoms with Gasteiger partial charge in [0.25, 0.3) is 0 Å². The number of hydrogen-bond donors (Lipinski definition) is 1. The van der Waals surface area contributed by atoms with Gasteiger partial charge in [-0.1, -0.05) is 54.1 Å². The Morgan fingerprint density at radius 2 is 1.52 bits per heavy atom. The Labute approximate surface area is 126 Å². The Bertz CT molecular complexity index is 777. The summed E-state index contributed by atoms with van der Waals surface area (Å²) in [5, 5.41) is 10.8. The van der Waals surface area contributed by atoms with Crippen LogP contribution in [0, 0.1) is 0 Å². The number of aliphatic hydroxyl groups excluding tert-OH is 1. The quantitative estimate of drug-likeness (QED) is 0.924. The van der Waals surface area contributed by atoms with Gasteiger partial charge in [-0.05, 0) is 12.1 Å². The van der Waals surface area contributed by atoms with E-state index in [1.165, 1.54) is 6.08 Å². The zero-order valence-electron chi connectivity index (χ0n) is 10.9. The lowest BCUT2D eigenvalue weighted by Crippen LogP contribution is -2.21. The van der Waals surface area contributed by atoms with Crippen molar-refractivity contribution in [2.75, 3.05) is 0 Å². The molecule has 0 fully saturated rings. The van der Waals surface area contributed by atoms with E-state index in [4.69, 9.17) is 11.6 Å². The Morgan fingerprint density at radius 1 is 0.905 bits per heavy atom. The van der Waals surface area contributed by atoms with E-state index in [1.54, 1.807) is 48.5 Å². The fraction of sp³-hybridized carbons (Fsp3) is 0.0588. The number of ketones is 2. The second-order valence-corrected chi connectivity index (χ2v) is 5.17. The van der Waals surface area contributed by atoms with Crippen molar-refractivity contribution >= 4 is 23.2 Å². The SMILES string of the molecule is O=C1C=C(C(O)c2ccccc2Cl)C(=O)c2ccccc21. The monoisotopic (exact) mass is 298 g/mol. The number of rotatable bonds is 2. The summed E-state index contributed by atoms with van der Waals surface area (Å²) in [4.78, 5) is 24.6. The van der Waals surface area contributed by atoms with Crippen LogP contribution in [-0.2, 0) is 0 Å². The number of halogens is 1. The van der Waals surface area contributed by atoms with E-state index >= 15 is 0 Å². The van der Waals surface area contributed by atoms with Crippen molar-refractivity contribution in [3.8, 4) is 0 Å². The Balaban J connectivity index is 2.07. The molecule has 0 spiro atoms. The molecule has 0 saturated heterocycles. The van der Waals surface area contributed by atoms with Crippen LogP contribution in [0.4, 0.5) is 0 Å². The van der Waals surface area contributed by atoms with Gasteiger partial charge in [0, 0.05) is 27.3 Å². The lowest BCUT2D eigenvalue weighted by Gasteiger charge is -2.20. The Kier molecular flexibility index (Phi) is 3.45. The van der Waals surface area contributed by atoms with Crippen LogP contribution in [0.15, 0.2) is 60.2 Å². The molecule has 0 bridgehead atoms. The first-order valence-electron chi connectivity index (χ1n) is 6.41. The molecule has 4 heteroatoms. The fourth-order valence-corrected chi connectivity index (χ4v) is 2.64. The fourth-order valence-electron chi connectivity index (χ4n) is 2.40. The maximum Gasteiger partial charge on any atom is 0.192 e. The van der Waals surface area contributed by atoms with Gasteiger partial charge >= 0.3 is 0 Å². The third-order valence-electron chi connectivity index (χ3n) is 3.48. The number of hydrogen-bond acceptors (Lipinski definition) is 3. The third-order valence-corrected chi connectivity index (χ3v) is 3.82. The molecule has 0 aromatic heterocycles. The maximum atomic E-state index is 12.5. The minimum Gasteiger partial charge on any atom is -0.383 e. The topological polar surface area (TPSA) is 54.4 Å². The highest BCUT2D eigenvalue weighted by Crippen LogP contribution is 2.33. The first-order chi connectivity index (χ1) is 10.1. The van der Waals surface area contributed by atoms with Crippen molar-refractivity contribution in [3.63, 3.8) is 0 Å². The van der Waals surface area contributed by atoms with E-state index in [-0.39, 0.29) is 17.1 Å². The second-order valence-electron chi connectivity index (χ2n) is 4.76. The number of benzene rings is 2. The summed E-state index contributed by atoms with van der Waals surface area (Å²) in [6.07, 6.45) is -0.0259. The largest absolute Gasteiger partial charge is 0.383 e. The van der Waals surface area contributed by atoms with E-state index in [0.717, 1.165) is 0 Å². The van der Waals surface area contributed by atoms with Gasteiger partial charge in [0.1, 0.15) is 6.10 Å². The number of carbonyl (C=O) groups is 2. The number of Topliss-reactive ketones (excluding diaryl/α,β-unsaturated/α-hetero) is 1. The normalized spacial score (nSPS) is 15.4. The van der Waals surface area contributed by atoms with Crippen LogP contribution in [0.1, 0.15) is 32.4 Å². The Morgan fingerprint density at radius 3 is 2.24 bits per heavy atom. The zero-order valence-corrected chi connectivity index (χ0v) is 11.7. The molecule has 104 valence electrons. The molecule has 21 heavy (non-hydrogen) atoms. The summed E-state index contributed by atoms with van der Waals surface area (Å²) in [6, 6.07) is 13.3. The van der Waals surface area contributed by atoms with Gasteiger partial charge in [-0.3, -0.25) is 9.59 Å². The molecule has 1 aliphatic carbocycles. The van der Waals surface area contributed by atoms with Crippen LogP contribution in [0.5, 0.6) is 0 Å². The van der Waals surface area contributed by atoms with E-state index < -0.39 is 6.10 Å². The molecule has 2 aromatic carbocycles. The van der Waals surface area contributed by atoms with Crippen LogP contribution >= 0.6 is 11.6 Å². The average molecular weight is 299 g/mol. The number of allylic oxidation sites excluding steroid dienone is 1. The van der Waals surface area contributed by atoms with Gasteiger partial charge in [0.15, 0.2) is 11.6 Å². The minimum absolute atomic E-state index is 0.0480. The van der Waals surface area contributed by atoms with Crippen molar-refractivity contribution in [2.45, 2.75) is 6.10 Å². The third kappa shape index (κ3) is 2.31. The molecule has 1 unspecified atom stereocenters. The smallest absolute Gasteiger partial charge is 0.192 e. The lowest BCUT2D eigenvalue weighted by atomic mass is 9.85. The molecule has 1 aliphatic rings. The molecule has 0 heterocycles. The van der Waals surface area contributed by atoms with Gasteiger partial charge in [-0.2, -0.15) is 0 Å². The molecule has 0 saturated carbocycles. The summed E-state index contributed by atoms with van der Waals surface area (Å²) in [5.41, 5.74) is 1.13. The molecular formula is C17H11ClO3. The van der Waals surface area contributed by atoms with E-state index in [2.05, 4.69) is 0 Å². The minimum atomic E-state index is -1.22. The Hall–Kier alpha value is -2.23. The predicted octanol–water partition coefficient (Wildman–Crippen LogP) is 3.38. The van der Waals surface area contributed by atoms with Gasteiger partial charge in [0.05, 0.1) is 0 Å². The second kappa shape index (κ2) is 5.28. The van der Waals surface area contributed by atoms with Crippen molar-refractivity contribution in [1.82, 2.24) is 0 Å². The van der Waals surface area contributed by atoms with Gasteiger partial charge in [-0.15, -0.1) is 0 Å². The summed E-state index contributed by atoms with van der Waals surface area (Å²) < 4.78 is 0. The predicted molar refractivity (Wildman–Crippen MR) is 79.6 cm³/mol. The summed E-state index contributed by atoms with van der Waals surface area (Å²) in [6.45, 7) is 0. The molecule has 2 aromatic rings. The lowest BCUT2D eigenvalue weighted by molar-refractivity contribution is 0.0947. The standard InChI is InChI=1S/C17H11ClO3/c18-14-8-4-3-7-12(14)17(21)13-9-15(19)10-5-1-2-6-11(10)16(13)20/h1-9,17,21H. The molecule has 0 amide bonds. The number of aliphatic hydroxyl groups is 1. The van der Waals surface area contributed by atoms with Gasteiger partial charge in [-0.25, -0.2) is 0 Å². The highest BCUT2D eigenvalue weighted by Gasteiger charge is 2.30.